The second-order valence-corrected chi connectivity index (χ2v) is 25.2. The fourth-order valence-corrected chi connectivity index (χ4v) is 21.0. The Morgan fingerprint density at radius 2 is 1.13 bits per heavy atom. The average molecular weight is 888 g/mol. The van der Waals surface area contributed by atoms with Crippen molar-refractivity contribution in [3.05, 3.63) is 169 Å². The summed E-state index contributed by atoms with van der Waals surface area (Å²) < 4.78 is 5.01. The summed E-state index contributed by atoms with van der Waals surface area (Å²) in [5.41, 5.74) is 14.9. The van der Waals surface area contributed by atoms with Crippen LogP contribution in [0.5, 0.6) is 0 Å². The molecule has 0 amide bonds. The Labute approximate surface area is 330 Å². The number of rotatable bonds is 4. The minimum Gasteiger partial charge on any atom is -0.147 e. The molecule has 0 atom stereocenters. The molecule has 0 spiro atoms. The van der Waals surface area contributed by atoms with Crippen molar-refractivity contribution in [1.82, 2.24) is 0 Å². The van der Waals surface area contributed by atoms with Gasteiger partial charge in [-0.1, -0.05) is 0 Å². The summed E-state index contributed by atoms with van der Waals surface area (Å²) in [4.78, 5) is 0. The van der Waals surface area contributed by atoms with Gasteiger partial charge in [0.05, 0.1) is 0 Å². The summed E-state index contributed by atoms with van der Waals surface area (Å²) >= 11 is -3.17. The third kappa shape index (κ3) is 6.79. The van der Waals surface area contributed by atoms with Gasteiger partial charge in [0.2, 0.25) is 0 Å². The van der Waals surface area contributed by atoms with Crippen molar-refractivity contribution in [2.45, 2.75) is 79.1 Å². The van der Waals surface area contributed by atoms with Gasteiger partial charge < -0.3 is 0 Å². The van der Waals surface area contributed by atoms with E-state index in [2.05, 4.69) is 177 Å². The first-order chi connectivity index (χ1) is 23.9. The third-order valence-corrected chi connectivity index (χ3v) is 22.8. The molecule has 0 radical (unpaired) electrons. The number of allylic oxidation sites excluding steroid dienone is 4. The molecule has 52 heavy (non-hydrogen) atoms. The maximum Gasteiger partial charge on any atom is -0.147 e. The molecule has 0 saturated carbocycles. The second-order valence-electron chi connectivity index (χ2n) is 16.6. The van der Waals surface area contributed by atoms with Gasteiger partial charge in [0.15, 0.2) is 0 Å². The van der Waals surface area contributed by atoms with Crippen LogP contribution in [0.3, 0.4) is 0 Å². The maximum atomic E-state index is 2.60. The van der Waals surface area contributed by atoms with E-state index < -0.39 is 21.0 Å². The molecule has 6 aromatic rings. The van der Waals surface area contributed by atoms with Crippen LogP contribution in [0.4, 0.5) is 0 Å². The van der Waals surface area contributed by atoms with Crippen LogP contribution in [0.25, 0.3) is 32.7 Å². The Balaban J connectivity index is 0.00000232. The Kier molecular flexibility index (Phi) is 10.7. The molecule has 0 nitrogen and oxygen atoms in total. The molecule has 2 aliphatic rings. The van der Waals surface area contributed by atoms with E-state index in [0.717, 1.165) is 12.8 Å². The maximum absolute atomic E-state index is 3.17. The molecular formula is C49H50Cl2Hf. The molecule has 0 unspecified atom stereocenters. The first-order valence-electron chi connectivity index (χ1n) is 18.3. The third-order valence-electron chi connectivity index (χ3n) is 11.1. The first kappa shape index (κ1) is 38.4. The van der Waals surface area contributed by atoms with Gasteiger partial charge in [-0.15, -0.1) is 24.8 Å². The van der Waals surface area contributed by atoms with E-state index in [4.69, 9.17) is 0 Å². The molecule has 0 heterocycles. The number of fused-ring (bicyclic) bond motifs is 5. The van der Waals surface area contributed by atoms with Gasteiger partial charge in [-0.05, 0) is 0 Å². The average Bonchev–Trinajstić information content (AvgIpc) is 3.73. The molecule has 8 rings (SSSR count). The Bertz CT molecular complexity index is 2380. The number of benzene rings is 6. The molecular weight excluding hydrogens is 838 g/mol. The summed E-state index contributed by atoms with van der Waals surface area (Å²) in [6.45, 7) is 19.1. The molecule has 264 valence electrons. The van der Waals surface area contributed by atoms with Crippen LogP contribution in [0, 0.1) is 13.8 Å². The van der Waals surface area contributed by atoms with Crippen LogP contribution in [0.2, 0.25) is 0 Å². The Hall–Kier alpha value is -3.36. The summed E-state index contributed by atoms with van der Waals surface area (Å²) in [6.07, 6.45) is 9.31. The number of hydrogen-bond donors (Lipinski definition) is 0. The fourth-order valence-electron chi connectivity index (χ4n) is 8.76. The molecule has 3 heteroatoms. The zero-order chi connectivity index (χ0) is 34.9. The predicted molar refractivity (Wildman–Crippen MR) is 229 cm³/mol. The molecule has 0 fully saturated rings. The number of aryl methyl sites for hydroxylation is 1. The Morgan fingerprint density at radius 1 is 0.596 bits per heavy atom. The van der Waals surface area contributed by atoms with Crippen molar-refractivity contribution in [2.24, 2.45) is 0 Å². The summed E-state index contributed by atoms with van der Waals surface area (Å²) in [7, 11) is 0. The van der Waals surface area contributed by atoms with Crippen molar-refractivity contribution >= 4 is 52.9 Å². The van der Waals surface area contributed by atoms with Crippen molar-refractivity contribution in [3.8, 4) is 11.1 Å². The van der Waals surface area contributed by atoms with Crippen molar-refractivity contribution in [1.29, 1.82) is 0 Å². The first-order valence-corrected chi connectivity index (χ1v) is 23.7. The van der Waals surface area contributed by atoms with E-state index in [1.807, 2.05) is 0 Å². The van der Waals surface area contributed by atoms with E-state index in [-0.39, 0.29) is 35.6 Å². The largest absolute Gasteiger partial charge is 0.147 e. The molecule has 0 aromatic heterocycles. The van der Waals surface area contributed by atoms with Gasteiger partial charge in [-0.3, -0.25) is 0 Å². The van der Waals surface area contributed by atoms with Gasteiger partial charge in [-0.2, -0.15) is 0 Å². The van der Waals surface area contributed by atoms with E-state index in [1.165, 1.54) is 71.6 Å². The molecule has 6 aromatic carbocycles. The number of halogens is 2. The van der Waals surface area contributed by atoms with Crippen LogP contribution in [0.1, 0.15) is 92.5 Å². The second kappa shape index (κ2) is 14.5. The zero-order valence-corrected chi connectivity index (χ0v) is 37.0. The van der Waals surface area contributed by atoms with Crippen LogP contribution in [-0.4, -0.2) is 3.26 Å². The van der Waals surface area contributed by atoms with E-state index in [9.17, 15) is 0 Å². The minimum absolute atomic E-state index is 0. The van der Waals surface area contributed by atoms with Gasteiger partial charge >= 0.3 is 308 Å². The van der Waals surface area contributed by atoms with Crippen molar-refractivity contribution in [3.63, 3.8) is 0 Å². The minimum atomic E-state index is -3.17. The Morgan fingerprint density at radius 3 is 1.65 bits per heavy atom. The normalized spacial score (nSPS) is 13.3. The topological polar surface area (TPSA) is 0 Å². The molecule has 2 aliphatic carbocycles. The predicted octanol–water partition coefficient (Wildman–Crippen LogP) is 13.0. The quantitative estimate of drug-likeness (QED) is 0.155. The van der Waals surface area contributed by atoms with Gasteiger partial charge in [-0.25, -0.2) is 0 Å². The van der Waals surface area contributed by atoms with E-state index >= 15 is 0 Å². The SMILES string of the molecule is Cc1cc2c(cc1C(C)(C)C)-c1cc(C(C)(C)C)c(C)[c]([Hf]([C]3=CC=CC3)=[C](c3ccc4ccccc4c3)c3ccc4ccccc4c3)c1C2.Cl.Cl. The van der Waals surface area contributed by atoms with Crippen LogP contribution in [-0.2, 0) is 38.2 Å². The van der Waals surface area contributed by atoms with E-state index in [1.54, 1.807) is 15.5 Å². The fraction of sp³-hybridized carbons (Fsp3) is 0.245. The molecule has 0 bridgehead atoms. The smallest absolute Gasteiger partial charge is 0.147 e. The molecule has 0 N–H and O–H groups in total. The monoisotopic (exact) mass is 888 g/mol. The molecule has 0 saturated heterocycles. The zero-order valence-electron chi connectivity index (χ0n) is 31.8. The standard InChI is InChI=1S/C23H29.C21H14.C5H5.2ClH.Hf/c1-14-9-16-11-17-10-15(2)21(23(6,7)8)13-19(17)18(16)12-20(14)22(3,4)5;1-3-7-20-14-16(9-11-18(20)5-1)13-17-10-12-19-6-2-4-8-21(19)15-17;1-2-4-5-3-1;;;/h9,12-13H,11H2,1-8H3;1-12,14-15H;1-3H,4H2;2*1H;. The van der Waals surface area contributed by atoms with Gasteiger partial charge in [0.1, 0.15) is 0 Å². The van der Waals surface area contributed by atoms with Crippen molar-refractivity contribution in [2.75, 3.05) is 0 Å². The van der Waals surface area contributed by atoms with E-state index in [0.29, 0.717) is 0 Å². The van der Waals surface area contributed by atoms with Crippen LogP contribution < -0.4 is 3.32 Å². The van der Waals surface area contributed by atoms with Gasteiger partial charge in [0.25, 0.3) is 0 Å². The number of hydrogen-bond acceptors (Lipinski definition) is 0. The summed E-state index contributed by atoms with van der Waals surface area (Å²) in [5, 5.41) is 5.23. The van der Waals surface area contributed by atoms with Gasteiger partial charge in [0, 0.05) is 0 Å². The summed E-state index contributed by atoms with van der Waals surface area (Å²) in [6, 6.07) is 39.9. The molecule has 0 aliphatic heterocycles. The van der Waals surface area contributed by atoms with Crippen LogP contribution in [0.15, 0.2) is 125 Å². The summed E-state index contributed by atoms with van der Waals surface area (Å²) in [5.74, 6) is 0. The van der Waals surface area contributed by atoms with Crippen LogP contribution >= 0.6 is 24.8 Å². The van der Waals surface area contributed by atoms with Crippen molar-refractivity contribution < 1.29 is 21.0 Å².